The molecular weight excluding hydrogens is 234 g/mol. The van der Waals surface area contributed by atoms with E-state index in [9.17, 15) is 5.21 Å². The van der Waals surface area contributed by atoms with Crippen molar-refractivity contribution in [1.29, 1.82) is 0 Å². The number of benzene rings is 1. The van der Waals surface area contributed by atoms with Gasteiger partial charge in [0.1, 0.15) is 0 Å². The van der Waals surface area contributed by atoms with Crippen molar-refractivity contribution in [3.8, 4) is 0 Å². The molecule has 2 N–H and O–H groups in total. The Morgan fingerprint density at radius 1 is 1.39 bits per heavy atom. The van der Waals surface area contributed by atoms with E-state index in [0.29, 0.717) is 18.9 Å². The van der Waals surface area contributed by atoms with Gasteiger partial charge in [0.2, 0.25) is 0 Å². The van der Waals surface area contributed by atoms with Gasteiger partial charge in [0, 0.05) is 25.8 Å². The molecule has 1 aromatic carbocycles. The first-order chi connectivity index (χ1) is 8.63. The van der Waals surface area contributed by atoms with Crippen LogP contribution in [0.4, 0.5) is 17.1 Å². The third kappa shape index (κ3) is 2.50. The van der Waals surface area contributed by atoms with Crippen molar-refractivity contribution >= 4 is 17.1 Å². The quantitative estimate of drug-likeness (QED) is 0.796. The number of nitrogens with zero attached hydrogens (tertiary/aromatic N) is 2. The molecule has 2 rings (SSSR count). The molecule has 1 aromatic rings. The number of anilines is 3. The zero-order chi connectivity index (χ0) is 13.1. The molecule has 1 saturated heterocycles. The monoisotopic (exact) mass is 252 g/mol. The SMILES string of the molecule is CNc1cc(N2CCOCC2)c(C)cc1N([O-])O. The lowest BCUT2D eigenvalue weighted by Crippen LogP contribution is -2.36. The van der Waals surface area contributed by atoms with E-state index in [-0.39, 0.29) is 10.9 Å². The standard InChI is InChI=1S/C12H18N3O3/c1-9-7-12(15(16)17)10(13-2)8-11(9)14-3-5-18-6-4-14/h7-8,13,16H,3-6H2,1-2H3/q-1. The summed E-state index contributed by atoms with van der Waals surface area (Å²) in [4.78, 5) is 2.22. The lowest BCUT2D eigenvalue weighted by Gasteiger charge is -2.32. The van der Waals surface area contributed by atoms with Crippen LogP contribution in [-0.2, 0) is 4.74 Å². The van der Waals surface area contributed by atoms with Crippen molar-refractivity contribution in [2.24, 2.45) is 0 Å². The lowest BCUT2D eigenvalue weighted by molar-refractivity contribution is 0.122. The number of aryl methyl sites for hydroxylation is 1. The van der Waals surface area contributed by atoms with Crippen LogP contribution in [-0.4, -0.2) is 38.6 Å². The largest absolute Gasteiger partial charge is 0.733 e. The van der Waals surface area contributed by atoms with Gasteiger partial charge in [-0.25, -0.2) is 0 Å². The third-order valence-electron chi connectivity index (χ3n) is 3.14. The molecule has 0 spiro atoms. The maximum Gasteiger partial charge on any atom is 0.0745 e. The van der Waals surface area contributed by atoms with E-state index in [1.807, 2.05) is 13.0 Å². The maximum atomic E-state index is 11.1. The molecule has 6 heteroatoms. The first kappa shape index (κ1) is 12.9. The van der Waals surface area contributed by atoms with Crippen LogP contribution in [0.1, 0.15) is 5.56 Å². The van der Waals surface area contributed by atoms with Gasteiger partial charge >= 0.3 is 0 Å². The molecule has 18 heavy (non-hydrogen) atoms. The molecule has 0 aromatic heterocycles. The smallest absolute Gasteiger partial charge is 0.0745 e. The second-order valence-electron chi connectivity index (χ2n) is 4.28. The predicted octanol–water partition coefficient (Wildman–Crippen LogP) is 1.57. The van der Waals surface area contributed by atoms with Gasteiger partial charge in [0.05, 0.1) is 24.6 Å². The van der Waals surface area contributed by atoms with Crippen LogP contribution in [0.5, 0.6) is 0 Å². The minimum atomic E-state index is -0.109. The van der Waals surface area contributed by atoms with Crippen LogP contribution in [0.25, 0.3) is 0 Å². The van der Waals surface area contributed by atoms with Gasteiger partial charge in [-0.3, -0.25) is 5.21 Å². The summed E-state index contributed by atoms with van der Waals surface area (Å²) < 4.78 is 5.32. The van der Waals surface area contributed by atoms with Crippen LogP contribution < -0.4 is 15.4 Å². The Morgan fingerprint density at radius 2 is 2.06 bits per heavy atom. The van der Waals surface area contributed by atoms with Gasteiger partial charge in [-0.15, -0.1) is 0 Å². The summed E-state index contributed by atoms with van der Waals surface area (Å²) in [5.74, 6) is 0. The average Bonchev–Trinajstić information content (AvgIpc) is 2.39. The molecular formula is C12H18N3O3-. The van der Waals surface area contributed by atoms with Crippen molar-refractivity contribution in [1.82, 2.24) is 0 Å². The maximum absolute atomic E-state index is 11.1. The topological polar surface area (TPSA) is 71.0 Å². The minimum Gasteiger partial charge on any atom is -0.733 e. The Hall–Kier alpha value is -1.50. The number of morpholine rings is 1. The van der Waals surface area contributed by atoms with Crippen molar-refractivity contribution < 1.29 is 9.94 Å². The highest BCUT2D eigenvalue weighted by atomic mass is 16.8. The van der Waals surface area contributed by atoms with Gasteiger partial charge < -0.3 is 25.4 Å². The molecule has 0 radical (unpaired) electrons. The molecule has 0 atom stereocenters. The second-order valence-corrected chi connectivity index (χ2v) is 4.28. The summed E-state index contributed by atoms with van der Waals surface area (Å²) in [6.07, 6.45) is 0. The number of hydrogen-bond acceptors (Lipinski definition) is 6. The zero-order valence-electron chi connectivity index (χ0n) is 10.6. The van der Waals surface area contributed by atoms with E-state index in [1.165, 1.54) is 0 Å². The molecule has 0 aliphatic carbocycles. The summed E-state index contributed by atoms with van der Waals surface area (Å²) in [7, 11) is 1.72. The molecule has 1 aliphatic heterocycles. The summed E-state index contributed by atoms with van der Waals surface area (Å²) in [5, 5.41) is 22.9. The van der Waals surface area contributed by atoms with Crippen LogP contribution >= 0.6 is 0 Å². The lowest BCUT2D eigenvalue weighted by atomic mass is 10.1. The molecule has 100 valence electrons. The van der Waals surface area contributed by atoms with E-state index in [1.54, 1.807) is 13.1 Å². The van der Waals surface area contributed by atoms with Crippen LogP contribution in [0.2, 0.25) is 0 Å². The fourth-order valence-electron chi connectivity index (χ4n) is 2.18. The Morgan fingerprint density at radius 3 is 2.61 bits per heavy atom. The molecule has 1 heterocycles. The Kier molecular flexibility index (Phi) is 3.90. The van der Waals surface area contributed by atoms with Gasteiger partial charge in [-0.2, -0.15) is 0 Å². The second kappa shape index (κ2) is 5.43. The number of nitrogens with one attached hydrogen (secondary N) is 1. The Labute approximate surface area is 106 Å². The molecule has 0 bridgehead atoms. The highest BCUT2D eigenvalue weighted by Crippen LogP contribution is 2.33. The van der Waals surface area contributed by atoms with Crippen LogP contribution in [0.15, 0.2) is 12.1 Å². The zero-order valence-corrected chi connectivity index (χ0v) is 10.6. The van der Waals surface area contributed by atoms with Gasteiger partial charge in [-0.1, -0.05) is 0 Å². The van der Waals surface area contributed by atoms with Gasteiger partial charge in [0.15, 0.2) is 0 Å². The fraction of sp³-hybridized carbons (Fsp3) is 0.500. The summed E-state index contributed by atoms with van der Waals surface area (Å²) in [5.41, 5.74) is 2.86. The molecule has 1 aliphatic rings. The number of hydrogen-bond donors (Lipinski definition) is 2. The summed E-state index contributed by atoms with van der Waals surface area (Å²) in [6.45, 7) is 5.03. The number of ether oxygens (including phenoxy) is 1. The van der Waals surface area contributed by atoms with Crippen molar-refractivity contribution in [2.45, 2.75) is 6.92 Å². The molecule has 0 unspecified atom stereocenters. The van der Waals surface area contributed by atoms with E-state index in [0.717, 1.165) is 24.3 Å². The first-order valence-corrected chi connectivity index (χ1v) is 5.94. The normalized spacial score (nSPS) is 15.7. The van der Waals surface area contributed by atoms with E-state index in [2.05, 4.69) is 10.2 Å². The Bertz CT molecular complexity index is 417. The van der Waals surface area contributed by atoms with E-state index in [4.69, 9.17) is 9.94 Å². The van der Waals surface area contributed by atoms with Crippen LogP contribution in [0.3, 0.4) is 0 Å². The van der Waals surface area contributed by atoms with Gasteiger partial charge in [-0.05, 0) is 24.6 Å². The Balaban J connectivity index is 2.36. The summed E-state index contributed by atoms with van der Waals surface area (Å²) >= 11 is 0. The van der Waals surface area contributed by atoms with Gasteiger partial charge in [0.25, 0.3) is 0 Å². The molecule has 1 fully saturated rings. The minimum absolute atomic E-state index is 0.109. The van der Waals surface area contributed by atoms with Crippen LogP contribution in [0, 0.1) is 12.1 Å². The molecule has 0 saturated carbocycles. The van der Waals surface area contributed by atoms with Crippen molar-refractivity contribution in [2.75, 3.05) is 48.8 Å². The van der Waals surface area contributed by atoms with E-state index < -0.39 is 0 Å². The highest BCUT2D eigenvalue weighted by Gasteiger charge is 2.15. The molecule has 0 amide bonds. The highest BCUT2D eigenvalue weighted by molar-refractivity contribution is 5.77. The average molecular weight is 252 g/mol. The third-order valence-corrected chi connectivity index (χ3v) is 3.14. The van der Waals surface area contributed by atoms with Crippen molar-refractivity contribution in [3.63, 3.8) is 0 Å². The van der Waals surface area contributed by atoms with Crippen molar-refractivity contribution in [3.05, 3.63) is 22.9 Å². The predicted molar refractivity (Wildman–Crippen MR) is 71.4 cm³/mol. The number of rotatable bonds is 3. The fourth-order valence-corrected chi connectivity index (χ4v) is 2.18. The first-order valence-electron chi connectivity index (χ1n) is 5.94. The molecule has 6 nitrogen and oxygen atoms in total. The summed E-state index contributed by atoms with van der Waals surface area (Å²) in [6, 6.07) is 3.57. The van der Waals surface area contributed by atoms with E-state index >= 15 is 0 Å².